The lowest BCUT2D eigenvalue weighted by Gasteiger charge is -2.14. The first-order valence-electron chi connectivity index (χ1n) is 6.17. The number of rotatable bonds is 2. The van der Waals surface area contributed by atoms with Gasteiger partial charge in [0.1, 0.15) is 5.75 Å². The standard InChI is InChI=1S/C16H14O3/c1-19-11-8-6-10(7-9-11)14-15(17)12-4-2-3-5-13(12)16(14)18/h2-9,14-15,17H,1H3/t14-,15+/m1/s1. The second-order valence-corrected chi connectivity index (χ2v) is 4.65. The Morgan fingerprint density at radius 3 is 2.37 bits per heavy atom. The van der Waals surface area contributed by atoms with Gasteiger partial charge < -0.3 is 9.84 Å². The molecule has 3 nitrogen and oxygen atoms in total. The van der Waals surface area contributed by atoms with Crippen molar-refractivity contribution >= 4 is 5.78 Å². The van der Waals surface area contributed by atoms with Gasteiger partial charge in [-0.15, -0.1) is 0 Å². The number of ketones is 1. The van der Waals surface area contributed by atoms with Gasteiger partial charge in [-0.2, -0.15) is 0 Å². The number of ether oxygens (including phenoxy) is 1. The van der Waals surface area contributed by atoms with Gasteiger partial charge in [-0.1, -0.05) is 36.4 Å². The highest BCUT2D eigenvalue weighted by Gasteiger charge is 2.39. The number of fused-ring (bicyclic) bond motifs is 1. The van der Waals surface area contributed by atoms with E-state index in [0.29, 0.717) is 11.1 Å². The Labute approximate surface area is 111 Å². The lowest BCUT2D eigenvalue weighted by atomic mass is 9.93. The largest absolute Gasteiger partial charge is 0.497 e. The molecule has 0 saturated heterocycles. The van der Waals surface area contributed by atoms with Crippen molar-refractivity contribution in [3.05, 3.63) is 65.2 Å². The summed E-state index contributed by atoms with van der Waals surface area (Å²) >= 11 is 0. The van der Waals surface area contributed by atoms with Crippen molar-refractivity contribution in [1.82, 2.24) is 0 Å². The van der Waals surface area contributed by atoms with E-state index in [-0.39, 0.29) is 5.78 Å². The predicted molar refractivity (Wildman–Crippen MR) is 71.5 cm³/mol. The summed E-state index contributed by atoms with van der Waals surface area (Å²) in [6.45, 7) is 0. The molecule has 0 saturated carbocycles. The zero-order valence-electron chi connectivity index (χ0n) is 10.5. The summed E-state index contributed by atoms with van der Waals surface area (Å²) in [5.74, 6) is 0.206. The maximum Gasteiger partial charge on any atom is 0.173 e. The Morgan fingerprint density at radius 1 is 1.05 bits per heavy atom. The van der Waals surface area contributed by atoms with Crippen LogP contribution >= 0.6 is 0 Å². The molecule has 1 aliphatic rings. The first-order valence-corrected chi connectivity index (χ1v) is 6.17. The molecule has 0 radical (unpaired) electrons. The van der Waals surface area contributed by atoms with Crippen LogP contribution in [0.4, 0.5) is 0 Å². The predicted octanol–water partition coefficient (Wildman–Crippen LogP) is 2.71. The molecular formula is C16H14O3. The minimum Gasteiger partial charge on any atom is -0.497 e. The number of carbonyl (C=O) groups is 1. The average Bonchev–Trinajstić information content (AvgIpc) is 2.72. The lowest BCUT2D eigenvalue weighted by molar-refractivity contribution is 0.0872. The molecule has 1 aliphatic carbocycles. The molecule has 19 heavy (non-hydrogen) atoms. The summed E-state index contributed by atoms with van der Waals surface area (Å²) in [4.78, 5) is 12.4. The third kappa shape index (κ3) is 1.83. The highest BCUT2D eigenvalue weighted by Crippen LogP contribution is 2.42. The molecule has 0 aliphatic heterocycles. The number of hydrogen-bond donors (Lipinski definition) is 1. The molecule has 96 valence electrons. The zero-order valence-corrected chi connectivity index (χ0v) is 10.5. The van der Waals surface area contributed by atoms with Crippen LogP contribution in [0.25, 0.3) is 0 Å². The number of carbonyl (C=O) groups excluding carboxylic acids is 1. The normalized spacial score (nSPS) is 21.3. The number of hydrogen-bond acceptors (Lipinski definition) is 3. The molecule has 0 heterocycles. The Morgan fingerprint density at radius 2 is 1.74 bits per heavy atom. The number of aliphatic hydroxyl groups excluding tert-OH is 1. The zero-order chi connectivity index (χ0) is 13.4. The minimum atomic E-state index is -0.767. The molecule has 0 bridgehead atoms. The number of benzene rings is 2. The van der Waals surface area contributed by atoms with E-state index in [4.69, 9.17) is 4.74 Å². The van der Waals surface area contributed by atoms with E-state index < -0.39 is 12.0 Å². The van der Waals surface area contributed by atoms with E-state index in [1.54, 1.807) is 31.4 Å². The summed E-state index contributed by atoms with van der Waals surface area (Å²) in [6, 6.07) is 14.5. The highest BCUT2D eigenvalue weighted by molar-refractivity contribution is 6.06. The van der Waals surface area contributed by atoms with E-state index >= 15 is 0 Å². The summed E-state index contributed by atoms with van der Waals surface area (Å²) < 4.78 is 5.10. The minimum absolute atomic E-state index is 0.0201. The van der Waals surface area contributed by atoms with Crippen molar-refractivity contribution in [2.75, 3.05) is 7.11 Å². The molecular weight excluding hydrogens is 240 g/mol. The quantitative estimate of drug-likeness (QED) is 0.896. The smallest absolute Gasteiger partial charge is 0.173 e. The van der Waals surface area contributed by atoms with Gasteiger partial charge in [0.15, 0.2) is 5.78 Å². The van der Waals surface area contributed by atoms with Crippen LogP contribution in [0.1, 0.15) is 33.5 Å². The van der Waals surface area contributed by atoms with Gasteiger partial charge in [0.2, 0.25) is 0 Å². The molecule has 0 fully saturated rings. The maximum atomic E-state index is 12.4. The van der Waals surface area contributed by atoms with E-state index in [1.165, 1.54) is 0 Å². The van der Waals surface area contributed by atoms with Crippen LogP contribution < -0.4 is 4.74 Å². The fraction of sp³-hybridized carbons (Fsp3) is 0.188. The van der Waals surface area contributed by atoms with Gasteiger partial charge in [0.05, 0.1) is 19.1 Å². The van der Waals surface area contributed by atoms with Crippen LogP contribution in [0.3, 0.4) is 0 Å². The maximum absolute atomic E-state index is 12.4. The topological polar surface area (TPSA) is 46.5 Å². The van der Waals surface area contributed by atoms with Crippen molar-refractivity contribution in [2.45, 2.75) is 12.0 Å². The SMILES string of the molecule is COc1ccc([C@H]2C(=O)c3ccccc3[C@@H]2O)cc1. The van der Waals surface area contributed by atoms with Crippen LogP contribution in [-0.4, -0.2) is 18.0 Å². The van der Waals surface area contributed by atoms with Crippen LogP contribution in [0, 0.1) is 0 Å². The number of Topliss-reactive ketones (excluding diaryl/α,β-unsaturated/α-hetero) is 1. The number of aliphatic hydroxyl groups is 1. The molecule has 2 atom stereocenters. The Balaban J connectivity index is 2.01. The fourth-order valence-corrected chi connectivity index (χ4v) is 2.61. The molecule has 3 rings (SSSR count). The third-order valence-corrected chi connectivity index (χ3v) is 3.62. The molecule has 0 unspecified atom stereocenters. The first-order chi connectivity index (χ1) is 9.22. The monoisotopic (exact) mass is 254 g/mol. The van der Waals surface area contributed by atoms with Gasteiger partial charge in [-0.05, 0) is 23.3 Å². The van der Waals surface area contributed by atoms with Crippen LogP contribution in [0.2, 0.25) is 0 Å². The van der Waals surface area contributed by atoms with Crippen molar-refractivity contribution in [1.29, 1.82) is 0 Å². The third-order valence-electron chi connectivity index (χ3n) is 3.62. The van der Waals surface area contributed by atoms with E-state index in [0.717, 1.165) is 11.3 Å². The van der Waals surface area contributed by atoms with Gasteiger partial charge in [0, 0.05) is 5.56 Å². The summed E-state index contributed by atoms with van der Waals surface area (Å²) in [5, 5.41) is 10.3. The summed E-state index contributed by atoms with van der Waals surface area (Å²) in [7, 11) is 1.60. The second-order valence-electron chi connectivity index (χ2n) is 4.65. The fourth-order valence-electron chi connectivity index (χ4n) is 2.61. The average molecular weight is 254 g/mol. The molecule has 1 N–H and O–H groups in total. The molecule has 2 aromatic carbocycles. The second kappa shape index (κ2) is 4.52. The van der Waals surface area contributed by atoms with E-state index in [1.807, 2.05) is 24.3 Å². The highest BCUT2D eigenvalue weighted by atomic mass is 16.5. The van der Waals surface area contributed by atoms with Crippen molar-refractivity contribution < 1.29 is 14.6 Å². The van der Waals surface area contributed by atoms with Gasteiger partial charge >= 0.3 is 0 Å². The van der Waals surface area contributed by atoms with Crippen molar-refractivity contribution in [3.8, 4) is 5.75 Å². The molecule has 0 spiro atoms. The van der Waals surface area contributed by atoms with Crippen molar-refractivity contribution in [3.63, 3.8) is 0 Å². The molecule has 3 heteroatoms. The van der Waals surface area contributed by atoms with Gasteiger partial charge in [-0.3, -0.25) is 4.79 Å². The molecule has 2 aromatic rings. The van der Waals surface area contributed by atoms with Gasteiger partial charge in [-0.25, -0.2) is 0 Å². The summed E-state index contributed by atoms with van der Waals surface area (Å²) in [5.41, 5.74) is 2.15. The van der Waals surface area contributed by atoms with Crippen molar-refractivity contribution in [2.24, 2.45) is 0 Å². The molecule has 0 amide bonds. The van der Waals surface area contributed by atoms with Crippen LogP contribution in [-0.2, 0) is 0 Å². The number of methoxy groups -OCH3 is 1. The Bertz CT molecular complexity index is 616. The Kier molecular flexibility index (Phi) is 2.84. The summed E-state index contributed by atoms with van der Waals surface area (Å²) in [6.07, 6.45) is -0.767. The first kappa shape index (κ1) is 11.9. The lowest BCUT2D eigenvalue weighted by Crippen LogP contribution is -2.11. The van der Waals surface area contributed by atoms with Crippen LogP contribution in [0.15, 0.2) is 48.5 Å². The van der Waals surface area contributed by atoms with Crippen LogP contribution in [0.5, 0.6) is 5.75 Å². The molecule has 0 aromatic heterocycles. The van der Waals surface area contributed by atoms with E-state index in [2.05, 4.69) is 0 Å². The van der Waals surface area contributed by atoms with E-state index in [9.17, 15) is 9.90 Å². The Hall–Kier alpha value is -2.13. The van der Waals surface area contributed by atoms with Gasteiger partial charge in [0.25, 0.3) is 0 Å².